The second-order valence-electron chi connectivity index (χ2n) is 5.71. The molecule has 1 unspecified atom stereocenters. The fourth-order valence-corrected chi connectivity index (χ4v) is 4.33. The number of hydrogen-bond acceptors (Lipinski definition) is 6. The number of aromatic nitrogens is 1. The summed E-state index contributed by atoms with van der Waals surface area (Å²) in [6, 6.07) is 1.48. The second-order valence-corrected chi connectivity index (χ2v) is 7.94. The van der Waals surface area contributed by atoms with Gasteiger partial charge in [0.25, 0.3) is 5.91 Å². The molecule has 23 heavy (non-hydrogen) atoms. The Hall–Kier alpha value is -1.67. The lowest BCUT2D eigenvalue weighted by molar-refractivity contribution is 0.0747. The summed E-state index contributed by atoms with van der Waals surface area (Å²) in [4.78, 5) is 18.1. The van der Waals surface area contributed by atoms with Crippen LogP contribution in [0.5, 0.6) is 0 Å². The molecule has 2 heterocycles. The summed E-state index contributed by atoms with van der Waals surface area (Å²) in [5.41, 5.74) is 1.22. The summed E-state index contributed by atoms with van der Waals surface area (Å²) in [6.07, 6.45) is 4.51. The van der Waals surface area contributed by atoms with Crippen molar-refractivity contribution in [2.75, 3.05) is 44.1 Å². The molecule has 1 N–H and O–H groups in total. The lowest BCUT2D eigenvalue weighted by atomic mass is 10.2. The third kappa shape index (κ3) is 4.90. The van der Waals surface area contributed by atoms with Crippen molar-refractivity contribution in [2.45, 2.75) is 18.9 Å². The fraction of sp³-hybridized carbons (Fsp3) is 0.600. The van der Waals surface area contributed by atoms with Crippen molar-refractivity contribution < 1.29 is 17.9 Å². The first kappa shape index (κ1) is 17.7. The van der Waals surface area contributed by atoms with Gasteiger partial charge in [-0.3, -0.25) is 9.78 Å². The van der Waals surface area contributed by atoms with E-state index in [1.54, 1.807) is 26.4 Å². The van der Waals surface area contributed by atoms with Crippen molar-refractivity contribution in [3.05, 3.63) is 24.0 Å². The summed E-state index contributed by atoms with van der Waals surface area (Å²) >= 11 is 0. The summed E-state index contributed by atoms with van der Waals surface area (Å²) < 4.78 is 28.1. The molecule has 1 aromatic heterocycles. The molecule has 1 amide bonds. The molecule has 0 saturated carbocycles. The van der Waals surface area contributed by atoms with E-state index >= 15 is 0 Å². The summed E-state index contributed by atoms with van der Waals surface area (Å²) in [5, 5.41) is 3.19. The number of hydrogen-bond donors (Lipinski definition) is 1. The van der Waals surface area contributed by atoms with Crippen molar-refractivity contribution in [3.63, 3.8) is 0 Å². The molecule has 0 bridgehead atoms. The molecular formula is C15H23N3O4S. The van der Waals surface area contributed by atoms with E-state index in [4.69, 9.17) is 4.74 Å². The highest BCUT2D eigenvalue weighted by Crippen LogP contribution is 2.19. The van der Waals surface area contributed by atoms with Gasteiger partial charge in [-0.05, 0) is 18.9 Å². The molecule has 0 aromatic carbocycles. The van der Waals surface area contributed by atoms with Crippen LogP contribution in [-0.4, -0.2) is 69.1 Å². The monoisotopic (exact) mass is 341 g/mol. The van der Waals surface area contributed by atoms with Crippen molar-refractivity contribution in [3.8, 4) is 0 Å². The van der Waals surface area contributed by atoms with Gasteiger partial charge in [-0.15, -0.1) is 0 Å². The maximum absolute atomic E-state index is 12.5. The van der Waals surface area contributed by atoms with Crippen molar-refractivity contribution in [1.82, 2.24) is 9.88 Å². The molecule has 128 valence electrons. The van der Waals surface area contributed by atoms with Gasteiger partial charge >= 0.3 is 0 Å². The largest absolute Gasteiger partial charge is 0.385 e. The Bertz CT molecular complexity index is 648. The lowest BCUT2D eigenvalue weighted by Gasteiger charge is -2.23. The number of ether oxygens (including phenoxy) is 1. The highest BCUT2D eigenvalue weighted by Gasteiger charge is 2.33. The Labute approximate surface area is 137 Å². The predicted octanol–water partition coefficient (Wildman–Crippen LogP) is 0.789. The first-order valence-electron chi connectivity index (χ1n) is 7.58. The van der Waals surface area contributed by atoms with Crippen LogP contribution in [0.2, 0.25) is 0 Å². The molecule has 0 radical (unpaired) electrons. The number of carbonyl (C=O) groups excluding carboxylic acids is 1. The van der Waals surface area contributed by atoms with Crippen LogP contribution in [0, 0.1) is 0 Å². The van der Waals surface area contributed by atoms with Crippen LogP contribution in [0.1, 0.15) is 23.2 Å². The normalized spacial score (nSPS) is 19.5. The molecule has 0 aliphatic carbocycles. The quantitative estimate of drug-likeness (QED) is 0.738. The van der Waals surface area contributed by atoms with Gasteiger partial charge in [0, 0.05) is 45.7 Å². The van der Waals surface area contributed by atoms with Gasteiger partial charge in [-0.1, -0.05) is 0 Å². The Balaban J connectivity index is 1.99. The number of methoxy groups -OCH3 is 1. The van der Waals surface area contributed by atoms with Crippen LogP contribution < -0.4 is 5.32 Å². The van der Waals surface area contributed by atoms with Crippen molar-refractivity contribution in [1.29, 1.82) is 0 Å². The van der Waals surface area contributed by atoms with E-state index in [1.807, 2.05) is 0 Å². The molecule has 1 saturated heterocycles. The predicted molar refractivity (Wildman–Crippen MR) is 88.4 cm³/mol. The SMILES string of the molecule is COCCCNc1cncc(C(=O)N(C)C2CCS(=O)(=O)C2)c1. The Kier molecular flexibility index (Phi) is 5.95. The third-order valence-corrected chi connectivity index (χ3v) is 5.67. The molecule has 1 aliphatic rings. The zero-order valence-electron chi connectivity index (χ0n) is 13.5. The molecule has 1 aromatic rings. The first-order chi connectivity index (χ1) is 10.9. The molecule has 1 aliphatic heterocycles. The number of rotatable bonds is 7. The zero-order valence-corrected chi connectivity index (χ0v) is 14.3. The van der Waals surface area contributed by atoms with Crippen LogP contribution >= 0.6 is 0 Å². The van der Waals surface area contributed by atoms with Crippen LogP contribution in [-0.2, 0) is 14.6 Å². The zero-order chi connectivity index (χ0) is 16.9. The van der Waals surface area contributed by atoms with E-state index in [9.17, 15) is 13.2 Å². The molecule has 8 heteroatoms. The van der Waals surface area contributed by atoms with Gasteiger partial charge in [-0.25, -0.2) is 8.42 Å². The second kappa shape index (κ2) is 7.74. The van der Waals surface area contributed by atoms with Crippen LogP contribution in [0.4, 0.5) is 5.69 Å². The van der Waals surface area contributed by atoms with Gasteiger partial charge in [-0.2, -0.15) is 0 Å². The number of sulfone groups is 1. The van der Waals surface area contributed by atoms with E-state index in [1.165, 1.54) is 11.1 Å². The molecule has 1 fully saturated rings. The Morgan fingerprint density at radius 1 is 1.48 bits per heavy atom. The number of nitrogens with one attached hydrogen (secondary N) is 1. The Morgan fingerprint density at radius 3 is 2.91 bits per heavy atom. The van der Waals surface area contributed by atoms with E-state index in [0.717, 1.165) is 18.7 Å². The summed E-state index contributed by atoms with van der Waals surface area (Å²) in [5.74, 6) is -0.0214. The van der Waals surface area contributed by atoms with Crippen molar-refractivity contribution >= 4 is 21.4 Å². The number of amides is 1. The van der Waals surface area contributed by atoms with Gasteiger partial charge < -0.3 is 15.0 Å². The molecule has 1 atom stereocenters. The van der Waals surface area contributed by atoms with Crippen LogP contribution in [0.15, 0.2) is 18.5 Å². The minimum atomic E-state index is -3.02. The number of anilines is 1. The topological polar surface area (TPSA) is 88.6 Å². The molecular weight excluding hydrogens is 318 g/mol. The molecule has 7 nitrogen and oxygen atoms in total. The minimum absolute atomic E-state index is 0.0393. The Morgan fingerprint density at radius 2 is 2.26 bits per heavy atom. The average Bonchev–Trinajstić information content (AvgIpc) is 2.90. The third-order valence-electron chi connectivity index (χ3n) is 3.92. The maximum Gasteiger partial charge on any atom is 0.255 e. The van der Waals surface area contributed by atoms with E-state index in [2.05, 4.69) is 10.3 Å². The van der Waals surface area contributed by atoms with Crippen LogP contribution in [0.25, 0.3) is 0 Å². The highest BCUT2D eigenvalue weighted by atomic mass is 32.2. The molecule has 0 spiro atoms. The van der Waals surface area contributed by atoms with Gasteiger partial charge in [0.05, 0.1) is 22.8 Å². The van der Waals surface area contributed by atoms with Crippen molar-refractivity contribution in [2.24, 2.45) is 0 Å². The number of carbonyl (C=O) groups is 1. The minimum Gasteiger partial charge on any atom is -0.385 e. The van der Waals surface area contributed by atoms with E-state index in [0.29, 0.717) is 18.6 Å². The fourth-order valence-electron chi connectivity index (χ4n) is 2.55. The number of pyridine rings is 1. The smallest absolute Gasteiger partial charge is 0.255 e. The summed E-state index contributed by atoms with van der Waals surface area (Å²) in [7, 11) is 0.282. The lowest BCUT2D eigenvalue weighted by Crippen LogP contribution is -2.37. The standard InChI is InChI=1S/C15H23N3O4S/c1-18(14-4-7-23(20,21)11-14)15(19)12-8-13(10-16-9-12)17-5-3-6-22-2/h8-10,14,17H,3-7,11H2,1-2H3. The van der Waals surface area contributed by atoms with Gasteiger partial charge in [0.1, 0.15) is 0 Å². The summed E-state index contributed by atoms with van der Waals surface area (Å²) in [6.45, 7) is 1.39. The first-order valence-corrected chi connectivity index (χ1v) is 9.40. The van der Waals surface area contributed by atoms with Gasteiger partial charge in [0.2, 0.25) is 0 Å². The highest BCUT2D eigenvalue weighted by molar-refractivity contribution is 7.91. The average molecular weight is 341 g/mol. The van der Waals surface area contributed by atoms with E-state index in [-0.39, 0.29) is 23.5 Å². The van der Waals surface area contributed by atoms with Crippen LogP contribution in [0.3, 0.4) is 0 Å². The van der Waals surface area contributed by atoms with Gasteiger partial charge in [0.15, 0.2) is 9.84 Å². The maximum atomic E-state index is 12.5. The molecule has 2 rings (SSSR count). The number of nitrogens with zero attached hydrogens (tertiary/aromatic N) is 2. The van der Waals surface area contributed by atoms with E-state index < -0.39 is 9.84 Å².